The van der Waals surface area contributed by atoms with Crippen molar-refractivity contribution in [1.82, 2.24) is 24.4 Å². The van der Waals surface area contributed by atoms with Gasteiger partial charge >= 0.3 is 6.55 Å². The number of nitrogens with one attached hydrogen (secondary N) is 1. The topological polar surface area (TPSA) is 58.9 Å². The summed E-state index contributed by atoms with van der Waals surface area (Å²) in [5.41, 5.74) is 1.13. The van der Waals surface area contributed by atoms with E-state index in [1.807, 2.05) is 6.92 Å². The van der Waals surface area contributed by atoms with Crippen LogP contribution < -0.4 is 5.32 Å². The number of anilines is 1. The van der Waals surface area contributed by atoms with E-state index in [4.69, 9.17) is 9.97 Å². The summed E-state index contributed by atoms with van der Waals surface area (Å²) in [4.78, 5) is 18.0. The van der Waals surface area contributed by atoms with Gasteiger partial charge in [0.1, 0.15) is 22.3 Å². The van der Waals surface area contributed by atoms with E-state index in [2.05, 4.69) is 22.1 Å². The number of halogens is 2. The van der Waals surface area contributed by atoms with Gasteiger partial charge in [-0.1, -0.05) is 0 Å². The number of aromatic nitrogens is 4. The highest BCUT2D eigenvalue weighted by molar-refractivity contribution is 7.18. The SMILES string of the molecule is Cc1sc2nc(CN3CCCC3)nc(NCc3nccn3C(F)F)c2c1C. The maximum absolute atomic E-state index is 13.1. The number of hydrogen-bond acceptors (Lipinski definition) is 6. The summed E-state index contributed by atoms with van der Waals surface area (Å²) in [6.45, 7) is 4.54. The van der Waals surface area contributed by atoms with Gasteiger partial charge in [-0.05, 0) is 45.3 Å². The van der Waals surface area contributed by atoms with Crippen LogP contribution in [-0.4, -0.2) is 37.5 Å². The fraction of sp³-hybridized carbons (Fsp3) is 0.500. The number of rotatable bonds is 6. The van der Waals surface area contributed by atoms with Crippen LogP contribution in [0.1, 0.15) is 41.5 Å². The number of thiophene rings is 1. The highest BCUT2D eigenvalue weighted by Crippen LogP contribution is 2.33. The van der Waals surface area contributed by atoms with Gasteiger partial charge in [0.2, 0.25) is 0 Å². The molecule has 1 N–H and O–H groups in total. The predicted octanol–water partition coefficient (Wildman–Crippen LogP) is 4.11. The van der Waals surface area contributed by atoms with Crippen molar-refractivity contribution in [3.05, 3.63) is 34.5 Å². The second-order valence-electron chi connectivity index (χ2n) is 6.82. The van der Waals surface area contributed by atoms with Gasteiger partial charge < -0.3 is 5.32 Å². The zero-order chi connectivity index (χ0) is 19.0. The third-order valence-corrected chi connectivity index (χ3v) is 6.11. The van der Waals surface area contributed by atoms with E-state index in [0.717, 1.165) is 39.3 Å². The molecule has 0 bridgehead atoms. The van der Waals surface area contributed by atoms with Gasteiger partial charge in [-0.15, -0.1) is 11.3 Å². The van der Waals surface area contributed by atoms with Crippen molar-refractivity contribution >= 4 is 27.4 Å². The summed E-state index contributed by atoms with van der Waals surface area (Å²) < 4.78 is 27.0. The van der Waals surface area contributed by atoms with Crippen LogP contribution in [0.4, 0.5) is 14.6 Å². The lowest BCUT2D eigenvalue weighted by Gasteiger charge is -2.15. The van der Waals surface area contributed by atoms with E-state index in [1.165, 1.54) is 30.1 Å². The number of alkyl halides is 2. The van der Waals surface area contributed by atoms with Crippen molar-refractivity contribution in [3.63, 3.8) is 0 Å². The normalized spacial score (nSPS) is 15.3. The molecule has 1 saturated heterocycles. The van der Waals surface area contributed by atoms with Gasteiger partial charge in [0, 0.05) is 17.3 Å². The van der Waals surface area contributed by atoms with E-state index in [-0.39, 0.29) is 12.4 Å². The monoisotopic (exact) mass is 392 g/mol. The molecule has 0 aromatic carbocycles. The van der Waals surface area contributed by atoms with Crippen molar-refractivity contribution in [2.24, 2.45) is 0 Å². The van der Waals surface area contributed by atoms with Gasteiger partial charge in [0.05, 0.1) is 18.5 Å². The zero-order valence-electron chi connectivity index (χ0n) is 15.4. The summed E-state index contributed by atoms with van der Waals surface area (Å²) in [5, 5.41) is 4.20. The Kier molecular flexibility index (Phi) is 5.05. The van der Waals surface area contributed by atoms with Gasteiger partial charge in [0.15, 0.2) is 0 Å². The van der Waals surface area contributed by atoms with Crippen molar-refractivity contribution in [2.75, 3.05) is 18.4 Å². The highest BCUT2D eigenvalue weighted by Gasteiger charge is 2.19. The molecule has 1 aliphatic heterocycles. The highest BCUT2D eigenvalue weighted by atomic mass is 32.1. The number of fused-ring (bicyclic) bond motifs is 1. The van der Waals surface area contributed by atoms with E-state index in [1.54, 1.807) is 11.3 Å². The van der Waals surface area contributed by atoms with E-state index < -0.39 is 6.55 Å². The van der Waals surface area contributed by atoms with Crippen LogP contribution in [0.2, 0.25) is 0 Å². The first-order valence-electron chi connectivity index (χ1n) is 9.05. The Morgan fingerprint density at radius 1 is 1.22 bits per heavy atom. The molecule has 3 aromatic heterocycles. The average Bonchev–Trinajstić information content (AvgIpc) is 3.35. The van der Waals surface area contributed by atoms with Gasteiger partial charge in [-0.3, -0.25) is 9.47 Å². The zero-order valence-corrected chi connectivity index (χ0v) is 16.2. The summed E-state index contributed by atoms with van der Waals surface area (Å²) in [6, 6.07) is 0. The van der Waals surface area contributed by atoms with Crippen LogP contribution in [0, 0.1) is 13.8 Å². The molecule has 0 aliphatic carbocycles. The van der Waals surface area contributed by atoms with Crippen molar-refractivity contribution in [1.29, 1.82) is 0 Å². The Morgan fingerprint density at radius 2 is 2.00 bits per heavy atom. The Balaban J connectivity index is 1.65. The minimum atomic E-state index is -2.61. The van der Waals surface area contributed by atoms with Crippen molar-refractivity contribution in [2.45, 2.75) is 46.3 Å². The molecule has 0 amide bonds. The van der Waals surface area contributed by atoms with Crippen LogP contribution in [0.25, 0.3) is 10.2 Å². The second-order valence-corrected chi connectivity index (χ2v) is 8.02. The first-order chi connectivity index (χ1) is 13.0. The van der Waals surface area contributed by atoms with Gasteiger partial charge in [-0.25, -0.2) is 15.0 Å². The smallest absolute Gasteiger partial charge is 0.319 e. The number of aryl methyl sites for hydroxylation is 2. The molecule has 27 heavy (non-hydrogen) atoms. The lowest BCUT2D eigenvalue weighted by Crippen LogP contribution is -2.20. The lowest BCUT2D eigenvalue weighted by atomic mass is 10.2. The quantitative estimate of drug-likeness (QED) is 0.684. The molecule has 9 heteroatoms. The summed E-state index contributed by atoms with van der Waals surface area (Å²) in [5.74, 6) is 1.74. The minimum absolute atomic E-state index is 0.181. The molecular formula is C18H22F2N6S. The number of hydrogen-bond donors (Lipinski definition) is 1. The molecule has 4 heterocycles. The van der Waals surface area contributed by atoms with Crippen LogP contribution in [-0.2, 0) is 13.1 Å². The molecule has 1 aliphatic rings. The Labute approximate surface area is 160 Å². The Bertz CT molecular complexity index is 945. The summed E-state index contributed by atoms with van der Waals surface area (Å²) >= 11 is 1.65. The molecule has 144 valence electrons. The van der Waals surface area contributed by atoms with Crippen LogP contribution in [0.5, 0.6) is 0 Å². The largest absolute Gasteiger partial charge is 0.362 e. The van der Waals surface area contributed by atoms with E-state index in [9.17, 15) is 8.78 Å². The van der Waals surface area contributed by atoms with E-state index >= 15 is 0 Å². The molecule has 3 aromatic rings. The minimum Gasteiger partial charge on any atom is -0.362 e. The molecule has 0 radical (unpaired) electrons. The molecule has 6 nitrogen and oxygen atoms in total. The van der Waals surface area contributed by atoms with Gasteiger partial charge in [0.25, 0.3) is 0 Å². The van der Waals surface area contributed by atoms with Crippen molar-refractivity contribution < 1.29 is 8.78 Å². The average molecular weight is 392 g/mol. The van der Waals surface area contributed by atoms with Crippen molar-refractivity contribution in [3.8, 4) is 0 Å². The van der Waals surface area contributed by atoms with Crippen LogP contribution in [0.3, 0.4) is 0 Å². The molecular weight excluding hydrogens is 370 g/mol. The number of imidazole rings is 1. The fourth-order valence-electron chi connectivity index (χ4n) is 3.45. The fourth-order valence-corrected chi connectivity index (χ4v) is 4.50. The van der Waals surface area contributed by atoms with Crippen LogP contribution in [0.15, 0.2) is 12.4 Å². The summed E-state index contributed by atoms with van der Waals surface area (Å²) in [6.07, 6.45) is 5.09. The first kappa shape index (κ1) is 18.2. The standard InChI is InChI=1S/C18H22F2N6S/c1-11-12(2)27-17-15(11)16(22-9-14-21-5-8-26(14)18(19)20)23-13(24-17)10-25-6-3-4-7-25/h5,8,18H,3-4,6-7,9-10H2,1-2H3,(H,22,23,24). The summed E-state index contributed by atoms with van der Waals surface area (Å²) in [7, 11) is 0. The maximum Gasteiger partial charge on any atom is 0.319 e. The molecule has 0 saturated carbocycles. The predicted molar refractivity (Wildman–Crippen MR) is 102 cm³/mol. The lowest BCUT2D eigenvalue weighted by molar-refractivity contribution is 0.0673. The number of nitrogens with zero attached hydrogens (tertiary/aromatic N) is 5. The van der Waals surface area contributed by atoms with Crippen LogP contribution >= 0.6 is 11.3 Å². The molecule has 0 atom stereocenters. The molecule has 0 unspecified atom stereocenters. The molecule has 0 spiro atoms. The second kappa shape index (κ2) is 7.47. The third-order valence-electron chi connectivity index (χ3n) is 5.01. The Morgan fingerprint density at radius 3 is 2.74 bits per heavy atom. The maximum atomic E-state index is 13.1. The molecule has 4 rings (SSSR count). The number of likely N-dealkylation sites (tertiary alicyclic amines) is 1. The van der Waals surface area contributed by atoms with Gasteiger partial charge in [-0.2, -0.15) is 8.78 Å². The Hall–Kier alpha value is -2.13. The third kappa shape index (κ3) is 3.66. The first-order valence-corrected chi connectivity index (χ1v) is 9.87. The van der Waals surface area contributed by atoms with E-state index in [0.29, 0.717) is 12.4 Å². The molecule has 1 fully saturated rings.